The molecule has 1 heterocycles. The van der Waals surface area contributed by atoms with Crippen molar-refractivity contribution in [1.29, 1.82) is 0 Å². The lowest BCUT2D eigenvalue weighted by Gasteiger charge is -2.18. The third-order valence-electron chi connectivity index (χ3n) is 6.51. The predicted octanol–water partition coefficient (Wildman–Crippen LogP) is 7.51. The summed E-state index contributed by atoms with van der Waals surface area (Å²) in [7, 11) is 0. The molecule has 0 fully saturated rings. The molecule has 0 spiro atoms. The van der Waals surface area contributed by atoms with Crippen molar-refractivity contribution >= 4 is 64.5 Å². The van der Waals surface area contributed by atoms with Gasteiger partial charge in [0, 0.05) is 27.9 Å². The Labute approximate surface area is 273 Å². The Hall–Kier alpha value is -5.58. The van der Waals surface area contributed by atoms with Crippen LogP contribution in [0.5, 0.6) is 0 Å². The van der Waals surface area contributed by atoms with E-state index in [0.717, 1.165) is 0 Å². The van der Waals surface area contributed by atoms with Crippen LogP contribution in [-0.4, -0.2) is 28.8 Å². The fourth-order valence-corrected chi connectivity index (χ4v) is 5.60. The first-order valence-corrected chi connectivity index (χ1v) is 15.1. The van der Waals surface area contributed by atoms with E-state index in [1.54, 1.807) is 66.7 Å². The standard InChI is InChI=1S/C35H26ClN3O6S/c36-29-17-16-25(20-28(29)35(43)44)38-34(42)31(22-9-3-1-4-10-22)46-27-15-7-13-24(19-27)37-33(41)30(21-26-14-8-18-45-26)39-32(40)23-11-5-2-6-12-23/h1-21,31H,(H,37,41)(H,38,42)(H,39,40)(H,43,44)/b30-21-. The van der Waals surface area contributed by atoms with E-state index in [0.29, 0.717) is 27.5 Å². The van der Waals surface area contributed by atoms with Crippen molar-refractivity contribution in [3.05, 3.63) is 155 Å². The van der Waals surface area contributed by atoms with Gasteiger partial charge in [0.2, 0.25) is 5.91 Å². The van der Waals surface area contributed by atoms with E-state index in [1.807, 2.05) is 30.3 Å². The second kappa shape index (κ2) is 14.9. The van der Waals surface area contributed by atoms with Crippen molar-refractivity contribution in [1.82, 2.24) is 5.32 Å². The minimum absolute atomic E-state index is 0.0351. The molecular weight excluding hydrogens is 626 g/mol. The average Bonchev–Trinajstić information content (AvgIpc) is 3.58. The number of aromatic carboxylic acids is 1. The van der Waals surface area contributed by atoms with Crippen LogP contribution in [0.15, 0.2) is 137 Å². The van der Waals surface area contributed by atoms with E-state index in [4.69, 9.17) is 16.0 Å². The van der Waals surface area contributed by atoms with Gasteiger partial charge < -0.3 is 25.5 Å². The molecule has 5 aromatic rings. The van der Waals surface area contributed by atoms with Crippen LogP contribution < -0.4 is 16.0 Å². The number of benzene rings is 4. The van der Waals surface area contributed by atoms with Crippen molar-refractivity contribution < 1.29 is 28.7 Å². The topological polar surface area (TPSA) is 138 Å². The van der Waals surface area contributed by atoms with Gasteiger partial charge in [-0.05, 0) is 66.2 Å². The van der Waals surface area contributed by atoms with Gasteiger partial charge in [0.05, 0.1) is 16.8 Å². The first-order chi connectivity index (χ1) is 22.3. The van der Waals surface area contributed by atoms with Gasteiger partial charge in [-0.25, -0.2) is 4.79 Å². The number of nitrogens with one attached hydrogen (secondary N) is 3. The molecule has 0 saturated heterocycles. The van der Waals surface area contributed by atoms with Crippen molar-refractivity contribution in [2.75, 3.05) is 10.6 Å². The van der Waals surface area contributed by atoms with Gasteiger partial charge in [0.15, 0.2) is 0 Å². The molecule has 46 heavy (non-hydrogen) atoms. The first-order valence-electron chi connectivity index (χ1n) is 13.8. The molecule has 1 atom stereocenters. The molecular formula is C35H26ClN3O6S. The lowest BCUT2D eigenvalue weighted by molar-refractivity contribution is -0.116. The third-order valence-corrected chi connectivity index (χ3v) is 8.09. The van der Waals surface area contributed by atoms with Crippen molar-refractivity contribution in [2.24, 2.45) is 0 Å². The van der Waals surface area contributed by atoms with Gasteiger partial charge in [-0.1, -0.05) is 66.2 Å². The Morgan fingerprint density at radius 1 is 0.783 bits per heavy atom. The molecule has 4 aromatic carbocycles. The van der Waals surface area contributed by atoms with E-state index < -0.39 is 28.9 Å². The van der Waals surface area contributed by atoms with Crippen LogP contribution in [0.4, 0.5) is 11.4 Å². The largest absolute Gasteiger partial charge is 0.478 e. The van der Waals surface area contributed by atoms with Crippen LogP contribution in [0.3, 0.4) is 0 Å². The Bertz CT molecular complexity index is 1900. The molecule has 230 valence electrons. The Kier molecular flexibility index (Phi) is 10.3. The number of hydrogen-bond acceptors (Lipinski definition) is 6. The van der Waals surface area contributed by atoms with Crippen LogP contribution in [0.25, 0.3) is 6.08 Å². The third kappa shape index (κ3) is 8.32. The fourth-order valence-electron chi connectivity index (χ4n) is 4.32. The molecule has 0 aliphatic heterocycles. The number of hydrogen-bond donors (Lipinski definition) is 4. The van der Waals surface area contributed by atoms with E-state index in [1.165, 1.54) is 42.3 Å². The van der Waals surface area contributed by atoms with Crippen LogP contribution in [-0.2, 0) is 9.59 Å². The summed E-state index contributed by atoms with van der Waals surface area (Å²) < 4.78 is 5.36. The van der Waals surface area contributed by atoms with E-state index in [9.17, 15) is 24.3 Å². The maximum absolute atomic E-state index is 13.6. The highest BCUT2D eigenvalue weighted by molar-refractivity contribution is 8.00. The zero-order valence-electron chi connectivity index (χ0n) is 24.0. The molecule has 0 saturated carbocycles. The number of carboxylic acids is 1. The minimum atomic E-state index is -1.21. The quantitative estimate of drug-likeness (QED) is 0.0856. The Balaban J connectivity index is 1.36. The number of thioether (sulfide) groups is 1. The molecule has 0 aliphatic rings. The predicted molar refractivity (Wildman–Crippen MR) is 178 cm³/mol. The van der Waals surface area contributed by atoms with Gasteiger partial charge in [-0.2, -0.15) is 0 Å². The number of anilines is 2. The van der Waals surface area contributed by atoms with Crippen LogP contribution in [0.2, 0.25) is 5.02 Å². The maximum Gasteiger partial charge on any atom is 0.337 e. The number of carbonyl (C=O) groups is 4. The SMILES string of the molecule is O=C(Nc1cccc(SC(C(=O)Nc2ccc(Cl)c(C(=O)O)c2)c2ccccc2)c1)/C(=C/c1ccco1)NC(=O)c1ccccc1. The summed E-state index contributed by atoms with van der Waals surface area (Å²) in [5.74, 6) is -2.29. The van der Waals surface area contributed by atoms with Gasteiger partial charge >= 0.3 is 5.97 Å². The highest BCUT2D eigenvalue weighted by Crippen LogP contribution is 2.37. The second-order valence-electron chi connectivity index (χ2n) is 9.77. The van der Waals surface area contributed by atoms with Crippen LogP contribution in [0, 0.1) is 0 Å². The highest BCUT2D eigenvalue weighted by Gasteiger charge is 2.23. The number of amides is 3. The molecule has 0 radical (unpaired) electrons. The molecule has 11 heteroatoms. The minimum Gasteiger partial charge on any atom is -0.478 e. The van der Waals surface area contributed by atoms with Crippen LogP contribution in [0.1, 0.15) is 37.3 Å². The number of halogens is 1. The number of rotatable bonds is 11. The molecule has 1 aromatic heterocycles. The van der Waals surface area contributed by atoms with E-state index >= 15 is 0 Å². The van der Waals surface area contributed by atoms with Gasteiger partial charge in [0.25, 0.3) is 11.8 Å². The van der Waals surface area contributed by atoms with Crippen molar-refractivity contribution in [3.63, 3.8) is 0 Å². The van der Waals surface area contributed by atoms with Crippen molar-refractivity contribution in [2.45, 2.75) is 10.1 Å². The van der Waals surface area contributed by atoms with Gasteiger partial charge in [-0.15, -0.1) is 11.8 Å². The summed E-state index contributed by atoms with van der Waals surface area (Å²) in [5, 5.41) is 17.0. The highest BCUT2D eigenvalue weighted by atomic mass is 35.5. The molecule has 5 rings (SSSR count). The van der Waals surface area contributed by atoms with Crippen molar-refractivity contribution in [3.8, 4) is 0 Å². The summed E-state index contributed by atoms with van der Waals surface area (Å²) in [6.45, 7) is 0. The Morgan fingerprint density at radius 2 is 1.50 bits per heavy atom. The van der Waals surface area contributed by atoms with E-state index in [2.05, 4.69) is 16.0 Å². The molecule has 9 nitrogen and oxygen atoms in total. The van der Waals surface area contributed by atoms with Gasteiger partial charge in [-0.3, -0.25) is 14.4 Å². The smallest absolute Gasteiger partial charge is 0.337 e. The summed E-state index contributed by atoms with van der Waals surface area (Å²) in [6.07, 6.45) is 2.88. The molecule has 0 bridgehead atoms. The monoisotopic (exact) mass is 651 g/mol. The number of carboxylic acid groups (broad SMARTS) is 1. The fraction of sp³-hybridized carbons (Fsp3) is 0.0286. The normalized spacial score (nSPS) is 11.7. The summed E-state index contributed by atoms with van der Waals surface area (Å²) in [6, 6.07) is 32.1. The van der Waals surface area contributed by atoms with Crippen LogP contribution >= 0.6 is 23.4 Å². The average molecular weight is 652 g/mol. The maximum atomic E-state index is 13.6. The summed E-state index contributed by atoms with van der Waals surface area (Å²) in [5.41, 5.74) is 1.62. The molecule has 1 unspecified atom stereocenters. The first kappa shape index (κ1) is 31.8. The number of carbonyl (C=O) groups excluding carboxylic acids is 3. The van der Waals surface area contributed by atoms with E-state index in [-0.39, 0.29) is 22.0 Å². The van der Waals surface area contributed by atoms with Gasteiger partial charge in [0.1, 0.15) is 16.7 Å². The lowest BCUT2D eigenvalue weighted by atomic mass is 10.1. The summed E-state index contributed by atoms with van der Waals surface area (Å²) >= 11 is 7.23. The Morgan fingerprint density at radius 3 is 2.20 bits per heavy atom. The number of furan rings is 1. The molecule has 0 aliphatic carbocycles. The lowest BCUT2D eigenvalue weighted by Crippen LogP contribution is -2.30. The summed E-state index contributed by atoms with van der Waals surface area (Å²) in [4.78, 5) is 52.1. The molecule has 4 N–H and O–H groups in total. The zero-order valence-corrected chi connectivity index (χ0v) is 25.5. The second-order valence-corrected chi connectivity index (χ2v) is 11.4. The zero-order chi connectivity index (χ0) is 32.5. The molecule has 3 amide bonds.